The fourth-order valence-corrected chi connectivity index (χ4v) is 2.42. The summed E-state index contributed by atoms with van der Waals surface area (Å²) in [4.78, 5) is 15.6. The van der Waals surface area contributed by atoms with E-state index in [0.29, 0.717) is 19.0 Å². The lowest BCUT2D eigenvalue weighted by atomic mass is 10.1. The summed E-state index contributed by atoms with van der Waals surface area (Å²) in [5, 5.41) is 9.35. The van der Waals surface area contributed by atoms with Crippen molar-refractivity contribution in [3.63, 3.8) is 0 Å². The fourth-order valence-electron chi connectivity index (χ4n) is 2.42. The summed E-state index contributed by atoms with van der Waals surface area (Å²) in [7, 11) is 1.74. The molecule has 0 spiro atoms. The molecule has 1 aliphatic heterocycles. The first kappa shape index (κ1) is 18.0. The number of aliphatic imine (C=N–C) groups is 1. The number of amides is 1. The van der Waals surface area contributed by atoms with Gasteiger partial charge in [0.2, 0.25) is 5.91 Å². The Balaban J connectivity index is 1.40. The number of carbonyl (C=O) groups excluding carboxylic acids is 1. The number of guanidine groups is 1. The molecule has 0 aromatic carbocycles. The van der Waals surface area contributed by atoms with Crippen LogP contribution in [0.15, 0.2) is 4.99 Å². The van der Waals surface area contributed by atoms with E-state index in [0.717, 1.165) is 64.6 Å². The average Bonchev–Trinajstić information content (AvgIpc) is 3.29. The van der Waals surface area contributed by atoms with Gasteiger partial charge in [-0.1, -0.05) is 0 Å². The second-order valence-electron chi connectivity index (χ2n) is 6.15. The zero-order valence-electron chi connectivity index (χ0n) is 14.1. The predicted octanol–water partition coefficient (Wildman–Crippen LogP) is 0.121. The molecule has 1 heterocycles. The lowest BCUT2D eigenvalue weighted by Crippen LogP contribution is -2.42. The Morgan fingerprint density at radius 3 is 2.65 bits per heavy atom. The van der Waals surface area contributed by atoms with Crippen molar-refractivity contribution in [2.24, 2.45) is 16.8 Å². The first-order chi connectivity index (χ1) is 11.3. The lowest BCUT2D eigenvalue weighted by molar-refractivity contribution is -0.122. The number of ether oxygens (including phenoxy) is 2. The van der Waals surface area contributed by atoms with Crippen molar-refractivity contribution in [2.75, 3.05) is 53.1 Å². The second kappa shape index (κ2) is 10.4. The standard InChI is InChI=1S/C16H30N4O3/c1-17-16(20-8-7-18-15(21)14-3-4-14)19-6-2-9-22-11-13-5-10-23-12-13/h13-14H,2-12H2,1H3,(H,18,21)(H2,17,19,20). The molecule has 3 N–H and O–H groups in total. The Morgan fingerprint density at radius 1 is 1.17 bits per heavy atom. The summed E-state index contributed by atoms with van der Waals surface area (Å²) in [5.74, 6) is 1.78. The fraction of sp³-hybridized carbons (Fsp3) is 0.875. The summed E-state index contributed by atoms with van der Waals surface area (Å²) in [5.41, 5.74) is 0. The molecule has 1 saturated carbocycles. The van der Waals surface area contributed by atoms with Crippen LogP contribution >= 0.6 is 0 Å². The molecule has 0 aromatic heterocycles. The molecule has 7 nitrogen and oxygen atoms in total. The monoisotopic (exact) mass is 326 g/mol. The number of rotatable bonds is 10. The molecular formula is C16H30N4O3. The lowest BCUT2D eigenvalue weighted by Gasteiger charge is -2.13. The topological polar surface area (TPSA) is 84.0 Å². The molecule has 1 unspecified atom stereocenters. The molecule has 0 radical (unpaired) electrons. The number of nitrogens with one attached hydrogen (secondary N) is 3. The van der Waals surface area contributed by atoms with E-state index in [-0.39, 0.29) is 11.8 Å². The van der Waals surface area contributed by atoms with Crippen molar-refractivity contribution < 1.29 is 14.3 Å². The molecule has 2 fully saturated rings. The van der Waals surface area contributed by atoms with Gasteiger partial charge in [-0.2, -0.15) is 0 Å². The van der Waals surface area contributed by atoms with Gasteiger partial charge in [0, 0.05) is 51.7 Å². The quantitative estimate of drug-likeness (QED) is 0.302. The third-order valence-corrected chi connectivity index (χ3v) is 4.02. The number of nitrogens with zero attached hydrogens (tertiary/aromatic N) is 1. The first-order valence-electron chi connectivity index (χ1n) is 8.67. The summed E-state index contributed by atoms with van der Waals surface area (Å²) >= 11 is 0. The van der Waals surface area contributed by atoms with E-state index in [2.05, 4.69) is 20.9 Å². The van der Waals surface area contributed by atoms with Gasteiger partial charge >= 0.3 is 0 Å². The van der Waals surface area contributed by atoms with Crippen LogP contribution in [0.2, 0.25) is 0 Å². The van der Waals surface area contributed by atoms with Gasteiger partial charge in [-0.05, 0) is 25.7 Å². The van der Waals surface area contributed by atoms with Crippen LogP contribution in [0, 0.1) is 11.8 Å². The van der Waals surface area contributed by atoms with Crippen molar-refractivity contribution >= 4 is 11.9 Å². The summed E-state index contributed by atoms with van der Waals surface area (Å²) in [6.45, 7) is 5.38. The molecule has 1 saturated heterocycles. The van der Waals surface area contributed by atoms with Crippen molar-refractivity contribution in [1.29, 1.82) is 0 Å². The molecule has 0 aromatic rings. The average molecular weight is 326 g/mol. The maximum absolute atomic E-state index is 11.5. The van der Waals surface area contributed by atoms with E-state index in [1.807, 2.05) is 0 Å². The van der Waals surface area contributed by atoms with Gasteiger partial charge in [0.15, 0.2) is 5.96 Å². The SMILES string of the molecule is CN=C(NCCCOCC1CCOC1)NCCNC(=O)C1CC1. The van der Waals surface area contributed by atoms with Crippen molar-refractivity contribution in [1.82, 2.24) is 16.0 Å². The third kappa shape index (κ3) is 7.65. The molecule has 2 rings (SSSR count). The van der Waals surface area contributed by atoms with Crippen LogP contribution in [0.4, 0.5) is 0 Å². The van der Waals surface area contributed by atoms with E-state index >= 15 is 0 Å². The minimum Gasteiger partial charge on any atom is -0.381 e. The third-order valence-electron chi connectivity index (χ3n) is 4.02. The summed E-state index contributed by atoms with van der Waals surface area (Å²) < 4.78 is 11.0. The van der Waals surface area contributed by atoms with Gasteiger partial charge in [-0.25, -0.2) is 0 Å². The van der Waals surface area contributed by atoms with Gasteiger partial charge < -0.3 is 25.4 Å². The highest BCUT2D eigenvalue weighted by molar-refractivity contribution is 5.81. The smallest absolute Gasteiger partial charge is 0.223 e. The van der Waals surface area contributed by atoms with E-state index in [9.17, 15) is 4.79 Å². The van der Waals surface area contributed by atoms with E-state index in [1.165, 1.54) is 0 Å². The maximum atomic E-state index is 11.5. The number of hydrogen-bond acceptors (Lipinski definition) is 4. The minimum atomic E-state index is 0.180. The van der Waals surface area contributed by atoms with Gasteiger partial charge in [0.1, 0.15) is 0 Å². The highest BCUT2D eigenvalue weighted by Gasteiger charge is 2.28. The minimum absolute atomic E-state index is 0.180. The Morgan fingerprint density at radius 2 is 1.96 bits per heavy atom. The van der Waals surface area contributed by atoms with Gasteiger partial charge in [-0.3, -0.25) is 9.79 Å². The molecule has 0 bridgehead atoms. The molecule has 2 aliphatic rings. The van der Waals surface area contributed by atoms with E-state index in [4.69, 9.17) is 9.47 Å². The zero-order valence-corrected chi connectivity index (χ0v) is 14.1. The van der Waals surface area contributed by atoms with Crippen LogP contribution < -0.4 is 16.0 Å². The van der Waals surface area contributed by atoms with E-state index < -0.39 is 0 Å². The Kier molecular flexibility index (Phi) is 8.17. The van der Waals surface area contributed by atoms with Gasteiger partial charge in [0.05, 0.1) is 13.2 Å². The van der Waals surface area contributed by atoms with Crippen LogP contribution in [0.3, 0.4) is 0 Å². The van der Waals surface area contributed by atoms with Crippen LogP contribution in [0.1, 0.15) is 25.7 Å². The van der Waals surface area contributed by atoms with Crippen LogP contribution in [-0.4, -0.2) is 65.0 Å². The maximum Gasteiger partial charge on any atom is 0.223 e. The van der Waals surface area contributed by atoms with Crippen LogP contribution in [0.5, 0.6) is 0 Å². The van der Waals surface area contributed by atoms with Crippen molar-refractivity contribution in [3.8, 4) is 0 Å². The largest absolute Gasteiger partial charge is 0.381 e. The summed E-state index contributed by atoms with van der Waals surface area (Å²) in [6, 6.07) is 0. The van der Waals surface area contributed by atoms with E-state index in [1.54, 1.807) is 7.05 Å². The van der Waals surface area contributed by atoms with Gasteiger partial charge in [0.25, 0.3) is 0 Å². The number of carbonyl (C=O) groups is 1. The Hall–Kier alpha value is -1.34. The molecule has 23 heavy (non-hydrogen) atoms. The Bertz CT molecular complexity index is 380. The first-order valence-corrected chi connectivity index (χ1v) is 8.67. The molecule has 1 atom stereocenters. The van der Waals surface area contributed by atoms with Crippen LogP contribution in [0.25, 0.3) is 0 Å². The highest BCUT2D eigenvalue weighted by atomic mass is 16.5. The number of hydrogen-bond donors (Lipinski definition) is 3. The van der Waals surface area contributed by atoms with Gasteiger partial charge in [-0.15, -0.1) is 0 Å². The molecule has 132 valence electrons. The molecule has 1 amide bonds. The molecular weight excluding hydrogens is 296 g/mol. The normalized spacial score (nSPS) is 21.3. The predicted molar refractivity (Wildman–Crippen MR) is 89.5 cm³/mol. The van der Waals surface area contributed by atoms with Crippen LogP contribution in [-0.2, 0) is 14.3 Å². The van der Waals surface area contributed by atoms with Crippen molar-refractivity contribution in [2.45, 2.75) is 25.7 Å². The second-order valence-corrected chi connectivity index (χ2v) is 6.15. The summed E-state index contributed by atoms with van der Waals surface area (Å²) in [6.07, 6.45) is 4.13. The molecule has 1 aliphatic carbocycles. The highest BCUT2D eigenvalue weighted by Crippen LogP contribution is 2.28. The van der Waals surface area contributed by atoms with Crippen molar-refractivity contribution in [3.05, 3.63) is 0 Å². The molecule has 7 heteroatoms. The zero-order chi connectivity index (χ0) is 16.3. The Labute approximate surface area is 138 Å².